The van der Waals surface area contributed by atoms with Gasteiger partial charge >= 0.3 is 5.51 Å². The Balaban J connectivity index is 2.24. The van der Waals surface area contributed by atoms with Crippen LogP contribution in [-0.4, -0.2) is 33.5 Å². The molecular formula is C16H15F3N2O4S. The van der Waals surface area contributed by atoms with Gasteiger partial charge in [-0.05, 0) is 36.4 Å². The van der Waals surface area contributed by atoms with Crippen molar-refractivity contribution in [2.45, 2.75) is 10.4 Å². The van der Waals surface area contributed by atoms with Gasteiger partial charge in [0.2, 0.25) is 5.91 Å². The molecule has 0 unspecified atom stereocenters. The lowest BCUT2D eigenvalue weighted by atomic mass is 10.2. The van der Waals surface area contributed by atoms with Gasteiger partial charge in [0.1, 0.15) is 6.61 Å². The molecule has 0 aliphatic carbocycles. The van der Waals surface area contributed by atoms with Crippen LogP contribution in [0.5, 0.6) is 0 Å². The van der Waals surface area contributed by atoms with Crippen molar-refractivity contribution in [3.05, 3.63) is 48.5 Å². The fraction of sp³-hybridized carbons (Fsp3) is 0.188. The van der Waals surface area contributed by atoms with Crippen LogP contribution in [-0.2, 0) is 19.4 Å². The first kappa shape index (κ1) is 19.7. The van der Waals surface area contributed by atoms with Crippen LogP contribution in [0.2, 0.25) is 0 Å². The lowest BCUT2D eigenvalue weighted by Gasteiger charge is -2.14. The maximum absolute atomic E-state index is 12.8. The van der Waals surface area contributed by atoms with Crippen LogP contribution in [0.3, 0.4) is 0 Å². The third-order valence-corrected chi connectivity index (χ3v) is 4.75. The monoisotopic (exact) mass is 388 g/mol. The molecule has 26 heavy (non-hydrogen) atoms. The van der Waals surface area contributed by atoms with E-state index in [2.05, 4.69) is 15.4 Å². The number of ether oxygens (including phenoxy) is 1. The molecule has 0 atom stereocenters. The van der Waals surface area contributed by atoms with Gasteiger partial charge in [-0.1, -0.05) is 12.1 Å². The molecule has 0 bridgehead atoms. The average Bonchev–Trinajstić information content (AvgIpc) is 2.56. The normalized spacial score (nSPS) is 11.8. The van der Waals surface area contributed by atoms with E-state index in [1.165, 1.54) is 49.6 Å². The number of para-hydroxylation sites is 1. The van der Waals surface area contributed by atoms with Crippen LogP contribution < -0.4 is 10.6 Å². The second-order valence-corrected chi connectivity index (χ2v) is 7.04. The van der Waals surface area contributed by atoms with Gasteiger partial charge in [-0.2, -0.15) is 13.2 Å². The molecule has 0 aliphatic heterocycles. The van der Waals surface area contributed by atoms with E-state index in [1.807, 2.05) is 0 Å². The fourth-order valence-corrected chi connectivity index (χ4v) is 2.97. The Morgan fingerprint density at radius 3 is 2.19 bits per heavy atom. The third-order valence-electron chi connectivity index (χ3n) is 3.20. The van der Waals surface area contributed by atoms with E-state index in [4.69, 9.17) is 0 Å². The first-order valence-electron chi connectivity index (χ1n) is 7.21. The van der Waals surface area contributed by atoms with Crippen LogP contribution in [0.15, 0.2) is 53.4 Å². The Labute approximate surface area is 147 Å². The molecule has 2 N–H and O–H groups in total. The summed E-state index contributed by atoms with van der Waals surface area (Å²) in [6, 6.07) is 10.7. The van der Waals surface area contributed by atoms with Crippen LogP contribution in [0, 0.1) is 0 Å². The first-order chi connectivity index (χ1) is 12.1. The Morgan fingerprint density at radius 2 is 1.62 bits per heavy atom. The molecule has 0 heterocycles. The fourth-order valence-electron chi connectivity index (χ4n) is 2.05. The minimum Gasteiger partial charge on any atom is -0.375 e. The summed E-state index contributed by atoms with van der Waals surface area (Å²) in [6.45, 7) is -0.122. The van der Waals surface area contributed by atoms with Crippen molar-refractivity contribution >= 4 is 32.8 Å². The molecule has 6 nitrogen and oxygen atoms in total. The highest BCUT2D eigenvalue weighted by atomic mass is 32.2. The third kappa shape index (κ3) is 4.52. The zero-order chi connectivity index (χ0) is 19.4. The van der Waals surface area contributed by atoms with E-state index in [0.717, 1.165) is 6.07 Å². The maximum atomic E-state index is 12.8. The topological polar surface area (TPSA) is 84.5 Å². The molecule has 2 aromatic carbocycles. The van der Waals surface area contributed by atoms with Crippen molar-refractivity contribution in [2.75, 3.05) is 24.4 Å². The number of rotatable bonds is 6. The number of carbonyl (C=O) groups is 1. The van der Waals surface area contributed by atoms with Gasteiger partial charge in [0.15, 0.2) is 0 Å². The van der Waals surface area contributed by atoms with Gasteiger partial charge in [-0.15, -0.1) is 0 Å². The SMILES string of the molecule is COCC(=O)Nc1ccc(Nc2ccccc2S(=O)(=O)C(F)(F)F)cc1. The van der Waals surface area contributed by atoms with Crippen LogP contribution in [0.25, 0.3) is 0 Å². The van der Waals surface area contributed by atoms with Crippen LogP contribution in [0.4, 0.5) is 30.2 Å². The van der Waals surface area contributed by atoms with E-state index in [9.17, 15) is 26.4 Å². The summed E-state index contributed by atoms with van der Waals surface area (Å²) < 4.78 is 66.5. The largest absolute Gasteiger partial charge is 0.501 e. The molecule has 0 fully saturated rings. The molecule has 0 aromatic heterocycles. The van der Waals surface area contributed by atoms with Gasteiger partial charge < -0.3 is 15.4 Å². The molecular weight excluding hydrogens is 373 g/mol. The number of halogens is 3. The summed E-state index contributed by atoms with van der Waals surface area (Å²) >= 11 is 0. The number of sulfone groups is 1. The van der Waals surface area contributed by atoms with Gasteiger partial charge in [-0.25, -0.2) is 8.42 Å². The van der Waals surface area contributed by atoms with Gasteiger partial charge in [0.25, 0.3) is 9.84 Å². The average molecular weight is 388 g/mol. The first-order valence-corrected chi connectivity index (χ1v) is 8.70. The highest BCUT2D eigenvalue weighted by molar-refractivity contribution is 7.92. The van der Waals surface area contributed by atoms with Crippen molar-refractivity contribution in [3.63, 3.8) is 0 Å². The zero-order valence-electron chi connectivity index (χ0n) is 13.5. The molecule has 2 rings (SSSR count). The van der Waals surface area contributed by atoms with Gasteiger partial charge in [0.05, 0.1) is 10.6 Å². The molecule has 1 amide bonds. The molecule has 10 heteroatoms. The van der Waals surface area contributed by atoms with Crippen molar-refractivity contribution < 1.29 is 31.1 Å². The predicted octanol–water partition coefficient (Wildman–Crippen LogP) is 3.31. The number of anilines is 3. The lowest BCUT2D eigenvalue weighted by Crippen LogP contribution is -2.24. The smallest absolute Gasteiger partial charge is 0.375 e. The number of methoxy groups -OCH3 is 1. The van der Waals surface area contributed by atoms with E-state index in [-0.39, 0.29) is 18.2 Å². The summed E-state index contributed by atoms with van der Waals surface area (Å²) in [5.74, 6) is -0.366. The number of alkyl halides is 3. The van der Waals surface area contributed by atoms with Crippen molar-refractivity contribution in [2.24, 2.45) is 0 Å². The summed E-state index contributed by atoms with van der Waals surface area (Å²) in [6.07, 6.45) is 0. The van der Waals surface area contributed by atoms with E-state index in [0.29, 0.717) is 11.4 Å². The quantitative estimate of drug-likeness (QED) is 0.793. The number of hydrogen-bond acceptors (Lipinski definition) is 5. The van der Waals surface area contributed by atoms with E-state index >= 15 is 0 Å². The zero-order valence-corrected chi connectivity index (χ0v) is 14.3. The van der Waals surface area contributed by atoms with Crippen molar-refractivity contribution in [3.8, 4) is 0 Å². The highest BCUT2D eigenvalue weighted by Gasteiger charge is 2.47. The maximum Gasteiger partial charge on any atom is 0.501 e. The van der Waals surface area contributed by atoms with Crippen molar-refractivity contribution in [1.82, 2.24) is 0 Å². The molecule has 2 aromatic rings. The molecule has 0 saturated heterocycles. The van der Waals surface area contributed by atoms with E-state index in [1.54, 1.807) is 0 Å². The number of carbonyl (C=O) groups excluding carboxylic acids is 1. The number of hydrogen-bond donors (Lipinski definition) is 2. The lowest BCUT2D eigenvalue weighted by molar-refractivity contribution is -0.119. The number of nitrogens with one attached hydrogen (secondary N) is 2. The number of benzene rings is 2. The Morgan fingerprint density at radius 1 is 1.04 bits per heavy atom. The molecule has 0 radical (unpaired) electrons. The van der Waals surface area contributed by atoms with Crippen LogP contribution >= 0.6 is 0 Å². The second-order valence-electron chi connectivity index (χ2n) is 5.13. The van der Waals surface area contributed by atoms with Crippen LogP contribution in [0.1, 0.15) is 0 Å². The Hall–Kier alpha value is -2.59. The predicted molar refractivity (Wildman–Crippen MR) is 89.9 cm³/mol. The summed E-state index contributed by atoms with van der Waals surface area (Å²) in [4.78, 5) is 10.5. The Kier molecular flexibility index (Phi) is 5.88. The Bertz CT molecular complexity index is 881. The standard InChI is InChI=1S/C16H15F3N2O4S/c1-25-10-15(22)21-12-8-6-11(7-9-12)20-13-4-2-3-5-14(13)26(23,24)16(17,18)19/h2-9,20H,10H2,1H3,(H,21,22). The molecule has 0 saturated carbocycles. The summed E-state index contributed by atoms with van der Waals surface area (Å²) in [5, 5.41) is 5.19. The minimum atomic E-state index is -5.49. The van der Waals surface area contributed by atoms with Gasteiger partial charge in [-0.3, -0.25) is 4.79 Å². The van der Waals surface area contributed by atoms with Crippen molar-refractivity contribution in [1.29, 1.82) is 0 Å². The highest BCUT2D eigenvalue weighted by Crippen LogP contribution is 2.35. The number of amides is 1. The summed E-state index contributed by atoms with van der Waals surface area (Å²) in [7, 11) is -4.12. The molecule has 0 spiro atoms. The molecule has 140 valence electrons. The van der Waals surface area contributed by atoms with E-state index < -0.39 is 20.2 Å². The minimum absolute atomic E-state index is 0.122. The molecule has 0 aliphatic rings. The van der Waals surface area contributed by atoms with Gasteiger partial charge in [0, 0.05) is 18.5 Å². The summed E-state index contributed by atoms with van der Waals surface area (Å²) in [5.41, 5.74) is -4.81. The second kappa shape index (κ2) is 7.75.